The molecule has 4 heteroatoms. The number of rotatable bonds is 3. The minimum absolute atomic E-state index is 0.184. The van der Waals surface area contributed by atoms with Gasteiger partial charge in [0, 0.05) is 4.88 Å². The second-order valence-corrected chi connectivity index (χ2v) is 7.11. The zero-order valence-corrected chi connectivity index (χ0v) is 13.5. The number of benzene rings is 1. The smallest absolute Gasteiger partial charge is 0.203 e. The highest BCUT2D eigenvalue weighted by Crippen LogP contribution is 2.22. The number of nitrogens with zero attached hydrogens (tertiary/aromatic N) is 2. The molecule has 0 amide bonds. The Morgan fingerprint density at radius 2 is 1.80 bits per heavy atom. The summed E-state index contributed by atoms with van der Waals surface area (Å²) in [6.07, 6.45) is 1.82. The maximum atomic E-state index is 4.38. The van der Waals surface area contributed by atoms with Gasteiger partial charge in [0.15, 0.2) is 0 Å². The molecule has 1 aromatic carbocycles. The highest BCUT2D eigenvalue weighted by atomic mass is 32.1. The van der Waals surface area contributed by atoms with Crippen molar-refractivity contribution in [2.45, 2.75) is 40.0 Å². The van der Waals surface area contributed by atoms with Gasteiger partial charge in [-0.3, -0.25) is 5.43 Å². The standard InChI is InChI=1S/C16H21N3S/c1-11-12(2)20-15(18-11)19-17-10-13-6-8-14(9-7-13)16(3,4)5/h6-10H,1-5H3,(H,18,19)/b17-10+. The van der Waals surface area contributed by atoms with Crippen LogP contribution in [0, 0.1) is 13.8 Å². The fraction of sp³-hybridized carbons (Fsp3) is 0.375. The third kappa shape index (κ3) is 3.67. The average Bonchev–Trinajstić information content (AvgIpc) is 2.68. The van der Waals surface area contributed by atoms with Gasteiger partial charge in [-0.15, -0.1) is 11.3 Å². The van der Waals surface area contributed by atoms with E-state index in [1.54, 1.807) is 11.3 Å². The molecule has 0 radical (unpaired) electrons. The summed E-state index contributed by atoms with van der Waals surface area (Å²) in [5.41, 5.74) is 6.63. The second kappa shape index (κ2) is 5.75. The lowest BCUT2D eigenvalue weighted by Crippen LogP contribution is -2.10. The molecule has 1 heterocycles. The van der Waals surface area contributed by atoms with E-state index >= 15 is 0 Å². The predicted octanol–water partition coefficient (Wildman–Crippen LogP) is 4.50. The Kier molecular flexibility index (Phi) is 4.23. The summed E-state index contributed by atoms with van der Waals surface area (Å²) in [7, 11) is 0. The predicted molar refractivity (Wildman–Crippen MR) is 87.9 cm³/mol. The zero-order chi connectivity index (χ0) is 14.8. The summed E-state index contributed by atoms with van der Waals surface area (Å²) < 4.78 is 0. The topological polar surface area (TPSA) is 37.3 Å². The van der Waals surface area contributed by atoms with Gasteiger partial charge in [-0.2, -0.15) is 5.10 Å². The highest BCUT2D eigenvalue weighted by Gasteiger charge is 2.12. The maximum absolute atomic E-state index is 4.38. The van der Waals surface area contributed by atoms with Gasteiger partial charge >= 0.3 is 0 Å². The summed E-state index contributed by atoms with van der Waals surface area (Å²) in [4.78, 5) is 5.60. The van der Waals surface area contributed by atoms with E-state index in [-0.39, 0.29) is 5.41 Å². The third-order valence-corrected chi connectivity index (χ3v) is 4.16. The van der Waals surface area contributed by atoms with Crippen LogP contribution >= 0.6 is 11.3 Å². The number of nitrogens with one attached hydrogen (secondary N) is 1. The van der Waals surface area contributed by atoms with Crippen LogP contribution in [0.5, 0.6) is 0 Å². The van der Waals surface area contributed by atoms with Crippen molar-refractivity contribution in [1.82, 2.24) is 4.98 Å². The molecule has 2 rings (SSSR count). The van der Waals surface area contributed by atoms with E-state index in [0.717, 1.165) is 16.4 Å². The van der Waals surface area contributed by atoms with Gasteiger partial charge in [0.05, 0.1) is 11.9 Å². The molecule has 0 unspecified atom stereocenters. The minimum Gasteiger partial charge on any atom is -0.253 e. The molecule has 0 atom stereocenters. The lowest BCUT2D eigenvalue weighted by Gasteiger charge is -2.18. The molecule has 1 N–H and O–H groups in total. The van der Waals surface area contributed by atoms with E-state index in [2.05, 4.69) is 67.5 Å². The number of thiazole rings is 1. The van der Waals surface area contributed by atoms with Crippen molar-refractivity contribution in [3.05, 3.63) is 46.0 Å². The Morgan fingerprint density at radius 1 is 1.15 bits per heavy atom. The molecule has 0 fully saturated rings. The van der Waals surface area contributed by atoms with Crippen molar-refractivity contribution in [2.75, 3.05) is 5.43 Å². The molecular weight excluding hydrogens is 266 g/mol. The van der Waals surface area contributed by atoms with Crippen molar-refractivity contribution < 1.29 is 0 Å². The first-order chi connectivity index (χ1) is 9.36. The van der Waals surface area contributed by atoms with Crippen LogP contribution in [0.2, 0.25) is 0 Å². The number of anilines is 1. The van der Waals surface area contributed by atoms with Gasteiger partial charge in [0.2, 0.25) is 5.13 Å². The fourth-order valence-corrected chi connectivity index (χ4v) is 2.52. The van der Waals surface area contributed by atoms with Crippen LogP contribution in [0.25, 0.3) is 0 Å². The first-order valence-corrected chi connectivity index (χ1v) is 7.51. The molecule has 3 nitrogen and oxygen atoms in total. The lowest BCUT2D eigenvalue weighted by atomic mass is 9.87. The zero-order valence-electron chi connectivity index (χ0n) is 12.7. The van der Waals surface area contributed by atoms with Gasteiger partial charge in [-0.1, -0.05) is 45.0 Å². The normalized spacial score (nSPS) is 12.1. The molecule has 0 aliphatic carbocycles. The van der Waals surface area contributed by atoms with Crippen LogP contribution in [0.3, 0.4) is 0 Å². The molecule has 0 aliphatic rings. The number of hydrogen-bond donors (Lipinski definition) is 1. The minimum atomic E-state index is 0.184. The van der Waals surface area contributed by atoms with Gasteiger partial charge in [0.25, 0.3) is 0 Å². The molecule has 1 aromatic heterocycles. The van der Waals surface area contributed by atoms with Gasteiger partial charge in [-0.25, -0.2) is 4.98 Å². The van der Waals surface area contributed by atoms with Gasteiger partial charge < -0.3 is 0 Å². The SMILES string of the molecule is Cc1nc(N/N=C/c2ccc(C(C)(C)C)cc2)sc1C. The Bertz CT molecular complexity index is 584. The Morgan fingerprint density at radius 3 is 2.30 bits per heavy atom. The number of aryl methyl sites for hydroxylation is 2. The van der Waals surface area contributed by atoms with Crippen molar-refractivity contribution in [1.29, 1.82) is 0 Å². The first-order valence-electron chi connectivity index (χ1n) is 6.70. The maximum Gasteiger partial charge on any atom is 0.203 e. The summed E-state index contributed by atoms with van der Waals surface area (Å²) in [6, 6.07) is 8.48. The molecule has 106 valence electrons. The molecule has 0 saturated heterocycles. The van der Waals surface area contributed by atoms with Crippen LogP contribution in [0.4, 0.5) is 5.13 Å². The Labute approximate surface area is 124 Å². The van der Waals surface area contributed by atoms with Gasteiger partial charge in [-0.05, 0) is 30.4 Å². The number of hydrazone groups is 1. The van der Waals surface area contributed by atoms with Crippen molar-refractivity contribution >= 4 is 22.7 Å². The van der Waals surface area contributed by atoms with Crippen molar-refractivity contribution in [3.63, 3.8) is 0 Å². The average molecular weight is 287 g/mol. The summed E-state index contributed by atoms with van der Waals surface area (Å²) in [5, 5.41) is 5.07. The first kappa shape index (κ1) is 14.7. The number of aromatic nitrogens is 1. The van der Waals surface area contributed by atoms with E-state index in [9.17, 15) is 0 Å². The quantitative estimate of drug-likeness (QED) is 0.666. The molecular formula is C16H21N3S. The molecule has 0 saturated carbocycles. The largest absolute Gasteiger partial charge is 0.253 e. The Hall–Kier alpha value is -1.68. The van der Waals surface area contributed by atoms with E-state index in [1.165, 1.54) is 10.4 Å². The van der Waals surface area contributed by atoms with Crippen molar-refractivity contribution in [3.8, 4) is 0 Å². The summed E-state index contributed by atoms with van der Waals surface area (Å²) in [6.45, 7) is 10.7. The third-order valence-electron chi connectivity index (χ3n) is 3.18. The fourth-order valence-electron chi connectivity index (χ4n) is 1.75. The van der Waals surface area contributed by atoms with Gasteiger partial charge in [0.1, 0.15) is 0 Å². The van der Waals surface area contributed by atoms with E-state index in [4.69, 9.17) is 0 Å². The molecule has 0 aliphatic heterocycles. The second-order valence-electron chi connectivity index (χ2n) is 5.90. The molecule has 20 heavy (non-hydrogen) atoms. The molecule has 0 bridgehead atoms. The van der Waals surface area contributed by atoms with E-state index in [1.807, 2.05) is 13.1 Å². The van der Waals surface area contributed by atoms with Crippen LogP contribution < -0.4 is 5.43 Å². The molecule has 0 spiro atoms. The summed E-state index contributed by atoms with van der Waals surface area (Å²) in [5.74, 6) is 0. The van der Waals surface area contributed by atoms with Crippen LogP contribution in [-0.2, 0) is 5.41 Å². The van der Waals surface area contributed by atoms with E-state index in [0.29, 0.717) is 0 Å². The molecule has 2 aromatic rings. The van der Waals surface area contributed by atoms with Crippen LogP contribution in [0.15, 0.2) is 29.4 Å². The monoisotopic (exact) mass is 287 g/mol. The van der Waals surface area contributed by atoms with Crippen LogP contribution in [0.1, 0.15) is 42.5 Å². The van der Waals surface area contributed by atoms with Crippen molar-refractivity contribution in [2.24, 2.45) is 5.10 Å². The van der Waals surface area contributed by atoms with Crippen LogP contribution in [-0.4, -0.2) is 11.2 Å². The number of hydrogen-bond acceptors (Lipinski definition) is 4. The Balaban J connectivity index is 2.01. The highest BCUT2D eigenvalue weighted by molar-refractivity contribution is 7.15. The lowest BCUT2D eigenvalue weighted by molar-refractivity contribution is 0.590. The summed E-state index contributed by atoms with van der Waals surface area (Å²) >= 11 is 1.62. The van der Waals surface area contributed by atoms with E-state index < -0.39 is 0 Å².